The van der Waals surface area contributed by atoms with Crippen molar-refractivity contribution in [2.24, 2.45) is 5.41 Å². The normalized spacial score (nSPS) is 33.6. The van der Waals surface area contributed by atoms with E-state index in [0.29, 0.717) is 24.7 Å². The van der Waals surface area contributed by atoms with Crippen LogP contribution in [0.1, 0.15) is 53.4 Å². The molecule has 2 fully saturated rings. The molecule has 1 aliphatic heterocycles. The van der Waals surface area contributed by atoms with Crippen LogP contribution in [-0.2, 0) is 9.53 Å². The summed E-state index contributed by atoms with van der Waals surface area (Å²) in [5.74, 6) is 0.293. The highest BCUT2D eigenvalue weighted by Gasteiger charge is 2.54. The van der Waals surface area contributed by atoms with Gasteiger partial charge in [0, 0.05) is 18.1 Å². The molecule has 3 unspecified atom stereocenters. The second-order valence-electron chi connectivity index (χ2n) is 6.38. The largest absolute Gasteiger partial charge is 0.378 e. The molecule has 0 aromatic carbocycles. The SMILES string of the molecule is CCCCC1NCN(C2CC(OCC)C2(C)C)C1=O. The molecule has 2 rings (SSSR count). The first-order valence-electron chi connectivity index (χ1n) is 7.67. The van der Waals surface area contributed by atoms with E-state index >= 15 is 0 Å². The van der Waals surface area contributed by atoms with E-state index in [0.717, 1.165) is 32.3 Å². The molecule has 4 nitrogen and oxygen atoms in total. The zero-order valence-corrected chi connectivity index (χ0v) is 12.7. The molecule has 0 spiro atoms. The lowest BCUT2D eigenvalue weighted by Crippen LogP contribution is -2.62. The van der Waals surface area contributed by atoms with Gasteiger partial charge in [-0.2, -0.15) is 0 Å². The highest BCUT2D eigenvalue weighted by Crippen LogP contribution is 2.46. The number of nitrogens with zero attached hydrogens (tertiary/aromatic N) is 1. The fourth-order valence-corrected chi connectivity index (χ4v) is 3.35. The van der Waals surface area contributed by atoms with Gasteiger partial charge in [0.2, 0.25) is 5.91 Å². The molecule has 1 heterocycles. The average molecular weight is 268 g/mol. The van der Waals surface area contributed by atoms with Crippen molar-refractivity contribution in [3.63, 3.8) is 0 Å². The first-order chi connectivity index (χ1) is 9.02. The van der Waals surface area contributed by atoms with Crippen molar-refractivity contribution in [3.8, 4) is 0 Å². The lowest BCUT2D eigenvalue weighted by molar-refractivity contribution is -0.162. The Kier molecular flexibility index (Phi) is 4.51. The molecule has 0 radical (unpaired) electrons. The number of carbonyl (C=O) groups is 1. The predicted molar refractivity (Wildman–Crippen MR) is 75.8 cm³/mol. The zero-order chi connectivity index (χ0) is 14.0. The van der Waals surface area contributed by atoms with Gasteiger partial charge in [0.05, 0.1) is 18.8 Å². The van der Waals surface area contributed by atoms with Crippen LogP contribution in [0.2, 0.25) is 0 Å². The van der Waals surface area contributed by atoms with Crippen molar-refractivity contribution in [1.29, 1.82) is 0 Å². The maximum atomic E-state index is 12.4. The molecule has 1 amide bonds. The van der Waals surface area contributed by atoms with E-state index in [9.17, 15) is 4.79 Å². The fraction of sp³-hybridized carbons (Fsp3) is 0.933. The number of unbranched alkanes of at least 4 members (excludes halogenated alkanes) is 1. The van der Waals surface area contributed by atoms with Gasteiger partial charge in [-0.25, -0.2) is 0 Å². The summed E-state index contributed by atoms with van der Waals surface area (Å²) in [5, 5.41) is 3.36. The van der Waals surface area contributed by atoms with Crippen LogP contribution >= 0.6 is 0 Å². The molecular weight excluding hydrogens is 240 g/mol. The Labute approximate surface area is 116 Å². The van der Waals surface area contributed by atoms with E-state index in [2.05, 4.69) is 26.1 Å². The molecule has 1 aliphatic carbocycles. The van der Waals surface area contributed by atoms with Crippen molar-refractivity contribution in [3.05, 3.63) is 0 Å². The second kappa shape index (κ2) is 5.80. The van der Waals surface area contributed by atoms with Gasteiger partial charge in [0.15, 0.2) is 0 Å². The smallest absolute Gasteiger partial charge is 0.241 e. The molecule has 0 aromatic heterocycles. The first-order valence-corrected chi connectivity index (χ1v) is 7.67. The molecule has 1 saturated heterocycles. The number of hydrogen-bond acceptors (Lipinski definition) is 3. The molecular formula is C15H28N2O2. The molecule has 4 heteroatoms. The summed E-state index contributed by atoms with van der Waals surface area (Å²) in [7, 11) is 0. The van der Waals surface area contributed by atoms with Gasteiger partial charge in [-0.05, 0) is 19.8 Å². The Morgan fingerprint density at radius 1 is 1.42 bits per heavy atom. The highest BCUT2D eigenvalue weighted by molar-refractivity contribution is 5.84. The number of amides is 1. The predicted octanol–water partition coefficient (Wildman–Crippen LogP) is 2.14. The molecule has 19 heavy (non-hydrogen) atoms. The van der Waals surface area contributed by atoms with Gasteiger partial charge < -0.3 is 9.64 Å². The molecule has 3 atom stereocenters. The van der Waals surface area contributed by atoms with E-state index in [4.69, 9.17) is 4.74 Å². The highest BCUT2D eigenvalue weighted by atomic mass is 16.5. The number of hydrogen-bond donors (Lipinski definition) is 1. The molecule has 1 saturated carbocycles. The van der Waals surface area contributed by atoms with Gasteiger partial charge in [0.1, 0.15) is 0 Å². The van der Waals surface area contributed by atoms with Gasteiger partial charge in [-0.15, -0.1) is 0 Å². The summed E-state index contributed by atoms with van der Waals surface area (Å²) in [6.07, 6.45) is 4.51. The van der Waals surface area contributed by atoms with Crippen molar-refractivity contribution in [1.82, 2.24) is 10.2 Å². The van der Waals surface area contributed by atoms with E-state index < -0.39 is 0 Å². The minimum Gasteiger partial charge on any atom is -0.378 e. The van der Waals surface area contributed by atoms with Crippen LogP contribution in [0.15, 0.2) is 0 Å². The van der Waals surface area contributed by atoms with Crippen LogP contribution in [0.25, 0.3) is 0 Å². The Morgan fingerprint density at radius 2 is 2.16 bits per heavy atom. The summed E-state index contributed by atoms with van der Waals surface area (Å²) >= 11 is 0. The average Bonchev–Trinajstić information content (AvgIpc) is 2.73. The third-order valence-corrected chi connectivity index (χ3v) is 4.81. The Bertz CT molecular complexity index is 330. The van der Waals surface area contributed by atoms with E-state index in [-0.39, 0.29) is 11.5 Å². The van der Waals surface area contributed by atoms with Crippen LogP contribution < -0.4 is 5.32 Å². The van der Waals surface area contributed by atoms with Gasteiger partial charge in [-0.1, -0.05) is 33.6 Å². The van der Waals surface area contributed by atoms with Crippen LogP contribution in [0.4, 0.5) is 0 Å². The summed E-state index contributed by atoms with van der Waals surface area (Å²) in [5.41, 5.74) is 0.0764. The van der Waals surface area contributed by atoms with Crippen molar-refractivity contribution in [2.75, 3.05) is 13.3 Å². The lowest BCUT2D eigenvalue weighted by Gasteiger charge is -2.54. The maximum Gasteiger partial charge on any atom is 0.241 e. The first kappa shape index (κ1) is 14.8. The van der Waals surface area contributed by atoms with E-state index in [1.54, 1.807) is 0 Å². The lowest BCUT2D eigenvalue weighted by atomic mass is 9.63. The third-order valence-electron chi connectivity index (χ3n) is 4.81. The van der Waals surface area contributed by atoms with Gasteiger partial charge >= 0.3 is 0 Å². The molecule has 2 aliphatic rings. The Hall–Kier alpha value is -0.610. The van der Waals surface area contributed by atoms with Crippen LogP contribution in [0.3, 0.4) is 0 Å². The van der Waals surface area contributed by atoms with Crippen LogP contribution in [0.5, 0.6) is 0 Å². The van der Waals surface area contributed by atoms with Crippen molar-refractivity contribution < 1.29 is 9.53 Å². The van der Waals surface area contributed by atoms with Gasteiger partial charge in [0.25, 0.3) is 0 Å². The molecule has 0 aromatic rings. The fourth-order valence-electron chi connectivity index (χ4n) is 3.35. The standard InChI is InChI=1S/C15H28N2O2/c1-5-7-8-11-14(18)17(10-16-11)12-9-13(19-6-2)15(12,3)4/h11-13,16H,5-10H2,1-4H3. The molecule has 110 valence electrons. The van der Waals surface area contributed by atoms with Crippen molar-refractivity contribution >= 4 is 5.91 Å². The van der Waals surface area contributed by atoms with Crippen LogP contribution in [-0.4, -0.2) is 42.3 Å². The monoisotopic (exact) mass is 268 g/mol. The second-order valence-corrected chi connectivity index (χ2v) is 6.38. The summed E-state index contributed by atoms with van der Waals surface area (Å²) < 4.78 is 5.75. The van der Waals surface area contributed by atoms with Gasteiger partial charge in [-0.3, -0.25) is 10.1 Å². The zero-order valence-electron chi connectivity index (χ0n) is 12.7. The Morgan fingerprint density at radius 3 is 2.74 bits per heavy atom. The summed E-state index contributed by atoms with van der Waals surface area (Å²) in [6.45, 7) is 10.1. The quantitative estimate of drug-likeness (QED) is 0.802. The minimum atomic E-state index is 0.0434. The topological polar surface area (TPSA) is 41.6 Å². The number of rotatable bonds is 6. The number of ether oxygens (including phenoxy) is 1. The summed E-state index contributed by atoms with van der Waals surface area (Å²) in [6, 6.07) is 0.373. The molecule has 1 N–H and O–H groups in total. The summed E-state index contributed by atoms with van der Waals surface area (Å²) in [4.78, 5) is 14.5. The van der Waals surface area contributed by atoms with E-state index in [1.807, 2.05) is 11.8 Å². The van der Waals surface area contributed by atoms with E-state index in [1.165, 1.54) is 0 Å². The molecule has 0 bridgehead atoms. The van der Waals surface area contributed by atoms with Crippen LogP contribution in [0, 0.1) is 5.41 Å². The van der Waals surface area contributed by atoms with Crippen molar-refractivity contribution in [2.45, 2.75) is 71.6 Å². The minimum absolute atomic E-state index is 0.0434. The third kappa shape index (κ3) is 2.65. The Balaban J connectivity index is 1.92. The maximum absolute atomic E-state index is 12.4. The number of carbonyl (C=O) groups excluding carboxylic acids is 1. The number of nitrogens with one attached hydrogen (secondary N) is 1.